The summed E-state index contributed by atoms with van der Waals surface area (Å²) in [5.41, 5.74) is 0. The first kappa shape index (κ1) is 12.0. The number of hydrogen-bond acceptors (Lipinski definition) is 3. The van der Waals surface area contributed by atoms with Crippen LogP contribution in [-0.2, 0) is 9.53 Å². The van der Waals surface area contributed by atoms with Gasteiger partial charge in [-0.3, -0.25) is 0 Å². The number of aliphatic hydroxyl groups excluding tert-OH is 1. The van der Waals surface area contributed by atoms with E-state index >= 15 is 0 Å². The predicted molar refractivity (Wildman–Crippen MR) is 58.1 cm³/mol. The van der Waals surface area contributed by atoms with Crippen LogP contribution in [0.2, 0.25) is 0 Å². The molecule has 1 aliphatic rings. The van der Waals surface area contributed by atoms with E-state index in [1.165, 1.54) is 6.08 Å². The van der Waals surface area contributed by atoms with Crippen molar-refractivity contribution in [1.82, 2.24) is 0 Å². The van der Waals surface area contributed by atoms with Gasteiger partial charge < -0.3 is 9.84 Å². The van der Waals surface area contributed by atoms with Gasteiger partial charge in [-0.15, -0.1) is 0 Å². The maximum absolute atomic E-state index is 10.7. The summed E-state index contributed by atoms with van der Waals surface area (Å²) in [5.74, 6) is 0.380. The van der Waals surface area contributed by atoms with Crippen molar-refractivity contribution >= 4 is 5.97 Å². The first-order chi connectivity index (χ1) is 7.18. The average molecular weight is 210 g/mol. The number of aliphatic hydroxyl groups is 1. The number of carbonyl (C=O) groups is 1. The highest BCUT2D eigenvalue weighted by Crippen LogP contribution is 2.12. The van der Waals surface area contributed by atoms with Crippen molar-refractivity contribution in [2.45, 2.75) is 45.1 Å². The number of esters is 1. The summed E-state index contributed by atoms with van der Waals surface area (Å²) in [6.45, 7) is 1.81. The fourth-order valence-electron chi connectivity index (χ4n) is 1.45. The molecular weight excluding hydrogens is 192 g/mol. The summed E-state index contributed by atoms with van der Waals surface area (Å²) in [4.78, 5) is 10.7. The number of unbranched alkanes of at least 4 members (excludes halogenated alkanes) is 3. The minimum Gasteiger partial charge on any atom is -0.424 e. The van der Waals surface area contributed by atoms with E-state index in [4.69, 9.17) is 9.84 Å². The Morgan fingerprint density at radius 3 is 2.80 bits per heavy atom. The van der Waals surface area contributed by atoms with E-state index in [0.29, 0.717) is 5.76 Å². The zero-order valence-corrected chi connectivity index (χ0v) is 9.11. The van der Waals surface area contributed by atoms with E-state index in [1.807, 2.05) is 13.0 Å². The average Bonchev–Trinajstić information content (AvgIpc) is 2.57. The Bertz CT molecular complexity index is 264. The van der Waals surface area contributed by atoms with Crippen LogP contribution in [0.5, 0.6) is 0 Å². The topological polar surface area (TPSA) is 46.5 Å². The van der Waals surface area contributed by atoms with Gasteiger partial charge in [0, 0.05) is 6.08 Å². The lowest BCUT2D eigenvalue weighted by Crippen LogP contribution is -1.98. The van der Waals surface area contributed by atoms with Crippen LogP contribution in [0.4, 0.5) is 0 Å². The number of ether oxygens (including phenoxy) is 1. The Hall–Kier alpha value is -1.09. The Balaban J connectivity index is 2.02. The van der Waals surface area contributed by atoms with Crippen LogP contribution in [-0.4, -0.2) is 17.2 Å². The van der Waals surface area contributed by atoms with E-state index < -0.39 is 0 Å². The quantitative estimate of drug-likeness (QED) is 0.540. The molecule has 1 atom stereocenters. The van der Waals surface area contributed by atoms with Gasteiger partial charge in [-0.2, -0.15) is 0 Å². The second-order valence-corrected chi connectivity index (χ2v) is 3.85. The maximum Gasteiger partial charge on any atom is 0.336 e. The minimum absolute atomic E-state index is 0.193. The second kappa shape index (κ2) is 6.40. The van der Waals surface area contributed by atoms with Crippen LogP contribution in [0.1, 0.15) is 39.0 Å². The van der Waals surface area contributed by atoms with Crippen molar-refractivity contribution in [2.24, 2.45) is 0 Å². The third-order valence-corrected chi connectivity index (χ3v) is 2.27. The summed E-state index contributed by atoms with van der Waals surface area (Å²) < 4.78 is 4.88. The molecule has 0 saturated carbocycles. The van der Waals surface area contributed by atoms with E-state index in [0.717, 1.165) is 32.1 Å². The van der Waals surface area contributed by atoms with Crippen LogP contribution in [0.3, 0.4) is 0 Å². The summed E-state index contributed by atoms with van der Waals surface area (Å²) in [6.07, 6.45) is 9.88. The monoisotopic (exact) mass is 210 g/mol. The molecule has 0 aliphatic carbocycles. The lowest BCUT2D eigenvalue weighted by molar-refractivity contribution is -0.132. The standard InChI is InChI=1S/C12H18O3/c1-10(13)6-4-2-3-5-7-11-8-9-12(14)15-11/h7-10,13H,2-6H2,1H3. The molecule has 0 amide bonds. The number of hydrogen-bond donors (Lipinski definition) is 1. The maximum atomic E-state index is 10.7. The van der Waals surface area contributed by atoms with Gasteiger partial charge >= 0.3 is 5.97 Å². The third kappa shape index (κ3) is 5.37. The van der Waals surface area contributed by atoms with Crippen molar-refractivity contribution < 1.29 is 14.6 Å². The normalized spacial score (nSPS) is 19.6. The molecule has 1 N–H and O–H groups in total. The third-order valence-electron chi connectivity index (χ3n) is 2.27. The summed E-state index contributed by atoms with van der Waals surface area (Å²) >= 11 is 0. The highest BCUT2D eigenvalue weighted by atomic mass is 16.5. The van der Waals surface area contributed by atoms with Crippen LogP contribution < -0.4 is 0 Å². The first-order valence-electron chi connectivity index (χ1n) is 5.46. The highest BCUT2D eigenvalue weighted by molar-refractivity contribution is 5.86. The van der Waals surface area contributed by atoms with Gasteiger partial charge in [-0.1, -0.05) is 12.8 Å². The number of cyclic esters (lactones) is 1. The molecule has 0 aromatic heterocycles. The van der Waals surface area contributed by atoms with Crippen LogP contribution in [0.15, 0.2) is 24.0 Å². The van der Waals surface area contributed by atoms with Crippen molar-refractivity contribution in [3.05, 3.63) is 24.0 Å². The van der Waals surface area contributed by atoms with Crippen LogP contribution in [0, 0.1) is 0 Å². The zero-order valence-electron chi connectivity index (χ0n) is 9.11. The molecule has 3 heteroatoms. The summed E-state index contributed by atoms with van der Waals surface area (Å²) in [7, 11) is 0. The summed E-state index contributed by atoms with van der Waals surface area (Å²) in [6, 6.07) is 0. The Labute approximate surface area is 90.4 Å². The lowest BCUT2D eigenvalue weighted by Gasteiger charge is -2.02. The van der Waals surface area contributed by atoms with Gasteiger partial charge in [-0.05, 0) is 38.3 Å². The van der Waals surface area contributed by atoms with E-state index in [2.05, 4.69) is 0 Å². The Morgan fingerprint density at radius 1 is 1.40 bits per heavy atom. The van der Waals surface area contributed by atoms with Gasteiger partial charge in [0.15, 0.2) is 0 Å². The molecule has 1 rings (SSSR count). The van der Waals surface area contributed by atoms with Gasteiger partial charge in [0.1, 0.15) is 5.76 Å². The molecule has 3 nitrogen and oxygen atoms in total. The number of allylic oxidation sites excluding steroid dienone is 2. The van der Waals surface area contributed by atoms with E-state index in [9.17, 15) is 4.79 Å². The Morgan fingerprint density at radius 2 is 2.20 bits per heavy atom. The molecule has 1 unspecified atom stereocenters. The molecule has 84 valence electrons. The van der Waals surface area contributed by atoms with Gasteiger partial charge in [0.25, 0.3) is 0 Å². The minimum atomic E-state index is -0.282. The fourth-order valence-corrected chi connectivity index (χ4v) is 1.45. The van der Waals surface area contributed by atoms with Crippen molar-refractivity contribution in [1.29, 1.82) is 0 Å². The molecule has 0 saturated heterocycles. The fraction of sp³-hybridized carbons (Fsp3) is 0.583. The Kier molecular flexibility index (Phi) is 5.12. The van der Waals surface area contributed by atoms with E-state index in [1.54, 1.807) is 6.08 Å². The molecular formula is C12H18O3. The summed E-state index contributed by atoms with van der Waals surface area (Å²) in [5, 5.41) is 9.03. The highest BCUT2D eigenvalue weighted by Gasteiger charge is 2.07. The van der Waals surface area contributed by atoms with Crippen molar-refractivity contribution in [2.75, 3.05) is 0 Å². The van der Waals surface area contributed by atoms with Gasteiger partial charge in [0.2, 0.25) is 0 Å². The molecule has 1 heterocycles. The number of rotatable bonds is 6. The first-order valence-corrected chi connectivity index (χ1v) is 5.46. The molecule has 0 aromatic carbocycles. The predicted octanol–water partition coefficient (Wildman–Crippen LogP) is 2.31. The lowest BCUT2D eigenvalue weighted by atomic mass is 10.1. The van der Waals surface area contributed by atoms with Gasteiger partial charge in [-0.25, -0.2) is 4.79 Å². The molecule has 0 aromatic rings. The second-order valence-electron chi connectivity index (χ2n) is 3.85. The molecule has 0 bridgehead atoms. The van der Waals surface area contributed by atoms with Crippen LogP contribution in [0.25, 0.3) is 0 Å². The molecule has 1 aliphatic heterocycles. The van der Waals surface area contributed by atoms with Crippen molar-refractivity contribution in [3.8, 4) is 0 Å². The SMILES string of the molecule is CC(O)CCCCCC=C1C=CC(=O)O1. The van der Waals surface area contributed by atoms with E-state index in [-0.39, 0.29) is 12.1 Å². The molecule has 0 spiro atoms. The largest absolute Gasteiger partial charge is 0.424 e. The van der Waals surface area contributed by atoms with Gasteiger partial charge in [0.05, 0.1) is 6.10 Å². The number of carbonyl (C=O) groups excluding carboxylic acids is 1. The smallest absolute Gasteiger partial charge is 0.336 e. The molecule has 0 radical (unpaired) electrons. The van der Waals surface area contributed by atoms with Crippen molar-refractivity contribution in [3.63, 3.8) is 0 Å². The zero-order chi connectivity index (χ0) is 11.1. The molecule has 0 fully saturated rings. The van der Waals surface area contributed by atoms with Crippen LogP contribution >= 0.6 is 0 Å². The molecule has 15 heavy (non-hydrogen) atoms.